The first-order valence-electron chi connectivity index (χ1n) is 7.42. The predicted molar refractivity (Wildman–Crippen MR) is 91.5 cm³/mol. The van der Waals surface area contributed by atoms with Crippen molar-refractivity contribution in [3.05, 3.63) is 65.7 Å². The van der Waals surface area contributed by atoms with Gasteiger partial charge < -0.3 is 10.4 Å². The second-order valence-corrected chi connectivity index (χ2v) is 6.21. The molecule has 0 fully saturated rings. The zero-order chi connectivity index (χ0) is 15.8. The molecule has 0 aromatic heterocycles. The molecule has 0 aliphatic heterocycles. The van der Waals surface area contributed by atoms with E-state index >= 15 is 0 Å². The van der Waals surface area contributed by atoms with E-state index in [1.165, 1.54) is 4.90 Å². The first-order chi connectivity index (χ1) is 10.7. The van der Waals surface area contributed by atoms with Crippen LogP contribution < -0.4 is 5.32 Å². The zero-order valence-corrected chi connectivity index (χ0v) is 13.5. The van der Waals surface area contributed by atoms with Crippen LogP contribution >= 0.6 is 11.8 Å². The van der Waals surface area contributed by atoms with Gasteiger partial charge >= 0.3 is 5.97 Å². The highest BCUT2D eigenvalue weighted by Gasteiger charge is 2.08. The third-order valence-electron chi connectivity index (χ3n) is 3.46. The molecule has 116 valence electrons. The lowest BCUT2D eigenvalue weighted by atomic mass is 10.1. The van der Waals surface area contributed by atoms with Gasteiger partial charge in [-0.15, -0.1) is 11.8 Å². The van der Waals surface area contributed by atoms with E-state index in [0.717, 1.165) is 17.7 Å². The summed E-state index contributed by atoms with van der Waals surface area (Å²) in [5, 5.41) is 12.5. The maximum absolute atomic E-state index is 11.0. The first kappa shape index (κ1) is 16.6. The van der Waals surface area contributed by atoms with Crippen LogP contribution in [-0.4, -0.2) is 22.9 Å². The van der Waals surface area contributed by atoms with Crippen LogP contribution in [-0.2, 0) is 6.54 Å². The Balaban J connectivity index is 1.85. The minimum atomic E-state index is -0.881. The molecule has 4 heteroatoms. The maximum atomic E-state index is 11.0. The molecular weight excluding hydrogens is 294 g/mol. The molecule has 0 heterocycles. The first-order valence-corrected chi connectivity index (χ1v) is 8.41. The number of nitrogens with one attached hydrogen (secondary N) is 1. The average Bonchev–Trinajstić information content (AvgIpc) is 2.56. The predicted octanol–water partition coefficient (Wildman–Crippen LogP) is 4.05. The molecule has 1 unspecified atom stereocenters. The average molecular weight is 315 g/mol. The summed E-state index contributed by atoms with van der Waals surface area (Å²) < 4.78 is 0. The SMILES string of the molecule is CCC(CSc1ccccc1)NCc1cccc(C(=O)O)c1. The fraction of sp³-hybridized carbons (Fsp3) is 0.278. The van der Waals surface area contributed by atoms with E-state index in [2.05, 4.69) is 24.4 Å². The maximum Gasteiger partial charge on any atom is 0.335 e. The lowest BCUT2D eigenvalue weighted by Crippen LogP contribution is -2.30. The van der Waals surface area contributed by atoms with Gasteiger partial charge in [-0.05, 0) is 36.2 Å². The summed E-state index contributed by atoms with van der Waals surface area (Å²) in [4.78, 5) is 12.3. The van der Waals surface area contributed by atoms with Gasteiger partial charge in [-0.25, -0.2) is 4.79 Å². The number of carboxylic acids is 1. The number of hydrogen-bond donors (Lipinski definition) is 2. The van der Waals surface area contributed by atoms with Crippen molar-refractivity contribution in [2.24, 2.45) is 0 Å². The van der Waals surface area contributed by atoms with Crippen molar-refractivity contribution in [2.45, 2.75) is 30.8 Å². The Morgan fingerprint density at radius 2 is 1.95 bits per heavy atom. The largest absolute Gasteiger partial charge is 0.478 e. The third-order valence-corrected chi connectivity index (χ3v) is 4.63. The van der Waals surface area contributed by atoms with E-state index < -0.39 is 5.97 Å². The lowest BCUT2D eigenvalue weighted by Gasteiger charge is -2.17. The number of rotatable bonds is 8. The molecule has 2 aromatic rings. The number of hydrogen-bond acceptors (Lipinski definition) is 3. The van der Waals surface area contributed by atoms with Crippen molar-refractivity contribution >= 4 is 17.7 Å². The molecule has 0 bridgehead atoms. The molecule has 0 aliphatic carbocycles. The molecule has 0 amide bonds. The monoisotopic (exact) mass is 315 g/mol. The van der Waals surface area contributed by atoms with Crippen LogP contribution in [0, 0.1) is 0 Å². The zero-order valence-electron chi connectivity index (χ0n) is 12.7. The molecule has 2 aromatic carbocycles. The molecule has 0 saturated carbocycles. The van der Waals surface area contributed by atoms with Crippen molar-refractivity contribution in [3.8, 4) is 0 Å². The summed E-state index contributed by atoms with van der Waals surface area (Å²) in [6.45, 7) is 2.85. The fourth-order valence-corrected chi connectivity index (χ4v) is 3.21. The van der Waals surface area contributed by atoms with Gasteiger partial charge in [-0.1, -0.05) is 37.3 Å². The third kappa shape index (κ3) is 5.20. The van der Waals surface area contributed by atoms with E-state index in [1.807, 2.05) is 36.0 Å². The summed E-state index contributed by atoms with van der Waals surface area (Å²) in [6.07, 6.45) is 1.04. The van der Waals surface area contributed by atoms with Crippen LogP contribution in [0.25, 0.3) is 0 Å². The van der Waals surface area contributed by atoms with Gasteiger partial charge in [0, 0.05) is 23.2 Å². The standard InChI is InChI=1S/C18H21NO2S/c1-2-16(13-22-17-9-4-3-5-10-17)19-12-14-7-6-8-15(11-14)18(20)21/h3-11,16,19H,2,12-13H2,1H3,(H,20,21). The molecule has 1 atom stereocenters. The second kappa shape index (κ2) is 8.61. The van der Waals surface area contributed by atoms with Gasteiger partial charge in [-0.3, -0.25) is 0 Å². The van der Waals surface area contributed by atoms with Gasteiger partial charge in [0.2, 0.25) is 0 Å². The van der Waals surface area contributed by atoms with Crippen LogP contribution in [0.15, 0.2) is 59.5 Å². The summed E-state index contributed by atoms with van der Waals surface area (Å²) >= 11 is 1.84. The van der Waals surface area contributed by atoms with Crippen molar-refractivity contribution in [2.75, 3.05) is 5.75 Å². The van der Waals surface area contributed by atoms with E-state index in [0.29, 0.717) is 18.2 Å². The lowest BCUT2D eigenvalue weighted by molar-refractivity contribution is 0.0696. The van der Waals surface area contributed by atoms with Gasteiger partial charge in [-0.2, -0.15) is 0 Å². The summed E-state index contributed by atoms with van der Waals surface area (Å²) in [6, 6.07) is 17.9. The molecule has 0 radical (unpaired) electrons. The number of benzene rings is 2. The summed E-state index contributed by atoms with van der Waals surface area (Å²) in [5.41, 5.74) is 1.34. The number of thioether (sulfide) groups is 1. The van der Waals surface area contributed by atoms with Crippen LogP contribution in [0.1, 0.15) is 29.3 Å². The van der Waals surface area contributed by atoms with Crippen LogP contribution in [0.2, 0.25) is 0 Å². The van der Waals surface area contributed by atoms with Gasteiger partial charge in [0.05, 0.1) is 5.56 Å². The minimum absolute atomic E-state index is 0.339. The molecule has 0 spiro atoms. The summed E-state index contributed by atoms with van der Waals surface area (Å²) in [5.74, 6) is 0.118. The molecule has 0 aliphatic rings. The molecule has 22 heavy (non-hydrogen) atoms. The van der Waals surface area contributed by atoms with Crippen molar-refractivity contribution in [1.29, 1.82) is 0 Å². The minimum Gasteiger partial charge on any atom is -0.478 e. The molecule has 2 N–H and O–H groups in total. The summed E-state index contributed by atoms with van der Waals surface area (Å²) in [7, 11) is 0. The molecule has 3 nitrogen and oxygen atoms in total. The number of carboxylic acid groups (broad SMARTS) is 1. The Hall–Kier alpha value is -1.78. The molecular formula is C18H21NO2S. The Morgan fingerprint density at radius 3 is 2.64 bits per heavy atom. The van der Waals surface area contributed by atoms with Gasteiger partial charge in [0.25, 0.3) is 0 Å². The highest BCUT2D eigenvalue weighted by atomic mass is 32.2. The quantitative estimate of drug-likeness (QED) is 0.722. The highest BCUT2D eigenvalue weighted by Crippen LogP contribution is 2.19. The molecule has 2 rings (SSSR count). The van der Waals surface area contributed by atoms with Crippen LogP contribution in [0.4, 0.5) is 0 Å². The van der Waals surface area contributed by atoms with Crippen LogP contribution in [0.3, 0.4) is 0 Å². The number of carbonyl (C=O) groups is 1. The van der Waals surface area contributed by atoms with Crippen LogP contribution in [0.5, 0.6) is 0 Å². The van der Waals surface area contributed by atoms with E-state index in [-0.39, 0.29) is 0 Å². The van der Waals surface area contributed by atoms with Crippen molar-refractivity contribution in [1.82, 2.24) is 5.32 Å². The van der Waals surface area contributed by atoms with Crippen molar-refractivity contribution in [3.63, 3.8) is 0 Å². The Morgan fingerprint density at radius 1 is 1.18 bits per heavy atom. The Kier molecular flexibility index (Phi) is 6.49. The number of aromatic carboxylic acids is 1. The van der Waals surface area contributed by atoms with E-state index in [9.17, 15) is 4.79 Å². The van der Waals surface area contributed by atoms with Gasteiger partial charge in [0.1, 0.15) is 0 Å². The smallest absolute Gasteiger partial charge is 0.335 e. The van der Waals surface area contributed by atoms with Crippen molar-refractivity contribution < 1.29 is 9.90 Å². The van der Waals surface area contributed by atoms with E-state index in [1.54, 1.807) is 18.2 Å². The normalized spacial score (nSPS) is 12.0. The van der Waals surface area contributed by atoms with E-state index in [4.69, 9.17) is 5.11 Å². The highest BCUT2D eigenvalue weighted by molar-refractivity contribution is 7.99. The topological polar surface area (TPSA) is 49.3 Å². The Labute approximate surface area is 135 Å². The Bertz CT molecular complexity index is 601. The fourth-order valence-electron chi connectivity index (χ4n) is 2.11. The molecule has 0 saturated heterocycles. The van der Waals surface area contributed by atoms with Gasteiger partial charge in [0.15, 0.2) is 0 Å². The second-order valence-electron chi connectivity index (χ2n) is 5.12.